The van der Waals surface area contributed by atoms with Crippen LogP contribution in [-0.2, 0) is 14.4 Å². The van der Waals surface area contributed by atoms with Gasteiger partial charge in [-0.1, -0.05) is 6.58 Å². The van der Waals surface area contributed by atoms with Crippen LogP contribution in [0.5, 0.6) is 0 Å². The van der Waals surface area contributed by atoms with E-state index in [4.69, 9.17) is 15.0 Å². The molecule has 0 aliphatic heterocycles. The van der Waals surface area contributed by atoms with Crippen molar-refractivity contribution in [2.24, 2.45) is 0 Å². The fourth-order valence-corrected chi connectivity index (χ4v) is 0.139. The van der Waals surface area contributed by atoms with E-state index in [0.717, 1.165) is 6.08 Å². The molecule has 0 saturated heterocycles. The molecule has 0 fully saturated rings. The van der Waals surface area contributed by atoms with Gasteiger partial charge in [0.05, 0.1) is 11.9 Å². The summed E-state index contributed by atoms with van der Waals surface area (Å²) in [7, 11) is 0. The van der Waals surface area contributed by atoms with Crippen LogP contribution in [0, 0.1) is 0 Å². The van der Waals surface area contributed by atoms with Crippen molar-refractivity contribution < 1.29 is 29.7 Å². The molecule has 0 atom stereocenters. The van der Waals surface area contributed by atoms with E-state index in [-0.39, 0.29) is 48.9 Å². The van der Waals surface area contributed by atoms with E-state index in [1.54, 1.807) is 0 Å². The third kappa shape index (κ3) is 30.0. The van der Waals surface area contributed by atoms with Gasteiger partial charge in [-0.15, -0.1) is 0 Å². The van der Waals surface area contributed by atoms with E-state index in [2.05, 4.69) is 6.58 Å². The zero-order valence-electron chi connectivity index (χ0n) is 7.13. The average Bonchev–Trinajstić information content (AvgIpc) is 2.02. The van der Waals surface area contributed by atoms with Gasteiger partial charge in [-0.25, -0.2) is 4.79 Å². The number of rotatable bonds is 3. The molecule has 7 heteroatoms. The molecule has 0 radical (unpaired) electrons. The first-order valence-corrected chi connectivity index (χ1v) is 2.85. The molecular weight excluding hydrogens is 317 g/mol. The van der Waals surface area contributed by atoms with Crippen molar-refractivity contribution in [1.82, 2.24) is 0 Å². The molecule has 0 aromatic carbocycles. The Morgan fingerprint density at radius 2 is 1.43 bits per heavy atom. The van der Waals surface area contributed by atoms with Crippen molar-refractivity contribution in [3.05, 3.63) is 24.8 Å². The van der Waals surface area contributed by atoms with Crippen LogP contribution in [0.3, 0.4) is 0 Å². The fourth-order valence-electron chi connectivity index (χ4n) is 0.139. The Morgan fingerprint density at radius 3 is 1.50 bits per heavy atom. The van der Waals surface area contributed by atoms with Crippen molar-refractivity contribution >= 4 is 66.8 Å². The quantitative estimate of drug-likeness (QED) is 0.435. The van der Waals surface area contributed by atoms with Crippen LogP contribution in [0.1, 0.15) is 0 Å². The SMILES string of the molecule is C=CC(=O)[O-].O=C([O-])/C=C\C(=O)O.[Ba+2]. The second-order valence-corrected chi connectivity index (χ2v) is 1.51. The van der Waals surface area contributed by atoms with Crippen molar-refractivity contribution in [3.63, 3.8) is 0 Å². The molecule has 0 saturated carbocycles. The van der Waals surface area contributed by atoms with E-state index in [1.165, 1.54) is 0 Å². The minimum atomic E-state index is -1.51. The molecule has 0 heterocycles. The predicted octanol–water partition coefficient (Wildman–Crippen LogP) is -3.08. The van der Waals surface area contributed by atoms with Gasteiger partial charge in [0.1, 0.15) is 0 Å². The Labute approximate surface area is 120 Å². The van der Waals surface area contributed by atoms with Crippen molar-refractivity contribution in [2.45, 2.75) is 0 Å². The molecule has 0 rings (SSSR count). The first kappa shape index (κ1) is 19.1. The summed E-state index contributed by atoms with van der Waals surface area (Å²) in [6.07, 6.45) is 1.66. The summed E-state index contributed by atoms with van der Waals surface area (Å²) in [5.41, 5.74) is 0. The van der Waals surface area contributed by atoms with Crippen LogP contribution < -0.4 is 10.2 Å². The monoisotopic (exact) mass is 324 g/mol. The molecule has 0 aliphatic carbocycles. The van der Waals surface area contributed by atoms with Crippen molar-refractivity contribution in [2.75, 3.05) is 0 Å². The molecule has 72 valence electrons. The van der Waals surface area contributed by atoms with Crippen LogP contribution in [0.4, 0.5) is 0 Å². The standard InChI is InChI=1S/C4H4O4.C3H4O2.Ba/c5-3(6)1-2-4(7)8;1-2-3(4)5;/h1-2H,(H,5,6)(H,7,8);2H,1H2,(H,4,5);/q;;+2/p-2/b2-1-;;. The number of hydrogen-bond acceptors (Lipinski definition) is 5. The summed E-state index contributed by atoms with van der Waals surface area (Å²) < 4.78 is 0. The summed E-state index contributed by atoms with van der Waals surface area (Å²) >= 11 is 0. The molecule has 0 unspecified atom stereocenters. The summed E-state index contributed by atoms with van der Waals surface area (Å²) in [6, 6.07) is 0. The van der Waals surface area contributed by atoms with E-state index in [0.29, 0.717) is 12.2 Å². The van der Waals surface area contributed by atoms with E-state index >= 15 is 0 Å². The Bertz CT molecular complexity index is 229. The van der Waals surface area contributed by atoms with Gasteiger partial charge in [0.15, 0.2) is 0 Å². The average molecular weight is 323 g/mol. The second-order valence-electron chi connectivity index (χ2n) is 1.51. The Morgan fingerprint density at radius 1 is 1.07 bits per heavy atom. The number of carboxylic acids is 3. The summed E-state index contributed by atoms with van der Waals surface area (Å²) in [5, 5.41) is 26.4. The first-order valence-electron chi connectivity index (χ1n) is 2.85. The fraction of sp³-hybridized carbons (Fsp3) is 0. The molecule has 0 amide bonds. The maximum atomic E-state index is 9.53. The van der Waals surface area contributed by atoms with E-state index in [9.17, 15) is 14.7 Å². The summed E-state index contributed by atoms with van der Waals surface area (Å²) in [5.74, 6) is -4.04. The topological polar surface area (TPSA) is 118 Å². The van der Waals surface area contributed by atoms with Gasteiger partial charge >= 0.3 is 54.9 Å². The van der Waals surface area contributed by atoms with E-state index < -0.39 is 17.9 Å². The van der Waals surface area contributed by atoms with Crippen molar-refractivity contribution in [3.8, 4) is 0 Å². The minimum Gasteiger partial charge on any atom is -0.545 e. The molecule has 0 spiro atoms. The molecule has 0 aliphatic rings. The predicted molar refractivity (Wildman–Crippen MR) is 42.7 cm³/mol. The molecule has 0 aromatic heterocycles. The van der Waals surface area contributed by atoms with E-state index in [1.807, 2.05) is 0 Å². The van der Waals surface area contributed by atoms with Gasteiger partial charge < -0.3 is 24.9 Å². The van der Waals surface area contributed by atoms with Crippen LogP contribution in [0.15, 0.2) is 24.8 Å². The van der Waals surface area contributed by atoms with Gasteiger partial charge in [0.25, 0.3) is 0 Å². The number of carbonyl (C=O) groups excluding carboxylic acids is 2. The number of carbonyl (C=O) groups is 3. The molecule has 1 N–H and O–H groups in total. The normalized spacial score (nSPS) is 7.71. The Hall–Kier alpha value is -0.539. The Balaban J connectivity index is -0.000000177. The first-order chi connectivity index (χ1) is 5.90. The number of hydrogen-bond donors (Lipinski definition) is 1. The molecule has 6 nitrogen and oxygen atoms in total. The third-order valence-corrected chi connectivity index (χ3v) is 0.529. The minimum absolute atomic E-state index is 0. The smallest absolute Gasteiger partial charge is 0.545 e. The van der Waals surface area contributed by atoms with Crippen LogP contribution in [-0.4, -0.2) is 71.9 Å². The summed E-state index contributed by atoms with van der Waals surface area (Å²) in [4.78, 5) is 28.1. The zero-order valence-corrected chi connectivity index (χ0v) is 11.6. The van der Waals surface area contributed by atoms with Crippen molar-refractivity contribution in [1.29, 1.82) is 0 Å². The summed E-state index contributed by atoms with van der Waals surface area (Å²) in [6.45, 7) is 2.90. The van der Waals surface area contributed by atoms with Gasteiger partial charge in [-0.2, -0.15) is 0 Å². The molecule has 14 heavy (non-hydrogen) atoms. The van der Waals surface area contributed by atoms with Gasteiger partial charge in [0, 0.05) is 6.08 Å². The molecular formula is C7H6BaO6. The maximum Gasteiger partial charge on any atom is 2.00 e. The molecule has 0 bridgehead atoms. The Kier molecular flexibility index (Phi) is 17.0. The number of carboxylic acid groups (broad SMARTS) is 3. The van der Waals surface area contributed by atoms with Gasteiger partial charge in [-0.05, 0) is 12.2 Å². The van der Waals surface area contributed by atoms with Crippen LogP contribution in [0.2, 0.25) is 0 Å². The van der Waals surface area contributed by atoms with Gasteiger partial charge in [0.2, 0.25) is 0 Å². The zero-order chi connectivity index (χ0) is 10.9. The molecule has 0 aromatic rings. The number of aliphatic carboxylic acids is 3. The maximum absolute atomic E-state index is 9.53. The third-order valence-electron chi connectivity index (χ3n) is 0.529. The van der Waals surface area contributed by atoms with Crippen LogP contribution in [0.25, 0.3) is 0 Å². The van der Waals surface area contributed by atoms with Crippen LogP contribution >= 0.6 is 0 Å². The van der Waals surface area contributed by atoms with Gasteiger partial charge in [-0.3, -0.25) is 0 Å². The largest absolute Gasteiger partial charge is 2.00 e. The second kappa shape index (κ2) is 12.5.